The zero-order chi connectivity index (χ0) is 10.7. The molecule has 1 aliphatic carbocycles. The first-order valence-corrected chi connectivity index (χ1v) is 12.2. The number of rotatable bonds is 2. The van der Waals surface area contributed by atoms with E-state index in [4.69, 9.17) is 0 Å². The van der Waals surface area contributed by atoms with E-state index in [2.05, 4.69) is 22.7 Å². The van der Waals surface area contributed by atoms with Gasteiger partial charge in [-0.3, -0.25) is 0 Å². The van der Waals surface area contributed by atoms with E-state index in [0.717, 1.165) is 0 Å². The summed E-state index contributed by atoms with van der Waals surface area (Å²) in [5, 5.41) is 0. The van der Waals surface area contributed by atoms with E-state index in [-0.39, 0.29) is 0 Å². The van der Waals surface area contributed by atoms with Gasteiger partial charge in [-0.05, 0) is 0 Å². The van der Waals surface area contributed by atoms with E-state index in [1.165, 1.54) is 5.57 Å². The molecule has 2 nitrogen and oxygen atoms in total. The molecule has 0 aromatic carbocycles. The number of allylic oxidation sites excluding steroid dienone is 4. The molecular weight excluding hydrogens is 306 g/mol. The van der Waals surface area contributed by atoms with Crippen LogP contribution in [0, 0.1) is 0 Å². The number of hydrogen-bond acceptors (Lipinski definition) is 2. The average Bonchev–Trinajstić information content (AvgIpc) is 2.16. The van der Waals surface area contributed by atoms with Gasteiger partial charge in [0.25, 0.3) is 0 Å². The Bertz CT molecular complexity index is 394. The van der Waals surface area contributed by atoms with Crippen LogP contribution in [0.1, 0.15) is 13.3 Å². The molecule has 1 unspecified atom stereocenters. The molecule has 0 N–H and O–H groups in total. The molecule has 0 heterocycles. The van der Waals surface area contributed by atoms with E-state index in [9.17, 15) is 8.42 Å². The van der Waals surface area contributed by atoms with Gasteiger partial charge in [-0.1, -0.05) is 0 Å². The molecule has 0 amide bonds. The van der Waals surface area contributed by atoms with Crippen molar-refractivity contribution in [3.63, 3.8) is 0 Å². The predicted octanol–water partition coefficient (Wildman–Crippen LogP) is 2.07. The van der Waals surface area contributed by atoms with E-state index in [1.807, 2.05) is 6.08 Å². The summed E-state index contributed by atoms with van der Waals surface area (Å²) < 4.78 is 22.0. The first kappa shape index (κ1) is 12.1. The summed E-state index contributed by atoms with van der Waals surface area (Å²) in [4.78, 5) is 5.21. The summed E-state index contributed by atoms with van der Waals surface area (Å²) in [5.41, 5.74) is 1.33. The van der Waals surface area contributed by atoms with Crippen molar-refractivity contribution in [2.45, 2.75) is 26.9 Å². The molecule has 4 heteroatoms. The molecule has 0 aromatic rings. The molecular formula is C10H15O2SSb. The fourth-order valence-electron chi connectivity index (χ4n) is 1.28. The Morgan fingerprint density at radius 2 is 2.00 bits per heavy atom. The second-order valence-corrected chi connectivity index (χ2v) is 12.3. The molecule has 0 saturated carbocycles. The van der Waals surface area contributed by atoms with Crippen LogP contribution >= 0.6 is 0 Å². The molecule has 1 rings (SSSR count). The predicted molar refractivity (Wildman–Crippen MR) is 62.7 cm³/mol. The normalized spacial score (nSPS) is 18.3. The maximum absolute atomic E-state index is 10.7. The van der Waals surface area contributed by atoms with Crippen molar-refractivity contribution in [2.24, 2.45) is 0 Å². The SMILES string of the molecule is C[CH](C1=CCC(=S(=O)=O)C=C1)[Sb]([CH3])[CH3]. The van der Waals surface area contributed by atoms with E-state index >= 15 is 0 Å². The van der Waals surface area contributed by atoms with Gasteiger partial charge in [0.2, 0.25) is 0 Å². The molecule has 78 valence electrons. The Balaban J connectivity index is 2.83. The van der Waals surface area contributed by atoms with Crippen LogP contribution in [-0.2, 0) is 10.3 Å². The second kappa shape index (κ2) is 5.18. The summed E-state index contributed by atoms with van der Waals surface area (Å²) in [6.45, 7) is 2.25. The van der Waals surface area contributed by atoms with Gasteiger partial charge < -0.3 is 0 Å². The maximum atomic E-state index is 10.7. The standard InChI is InChI=1S/C8H9O2S.2CH3.Sb/c1-2-7-3-5-8(6-4-7)11(9)10;;;/h2-5H,6H2,1H3;2*1H3;. The van der Waals surface area contributed by atoms with E-state index < -0.39 is 30.5 Å². The van der Waals surface area contributed by atoms with E-state index in [0.29, 0.717) is 15.1 Å². The Kier molecular flexibility index (Phi) is 4.46. The van der Waals surface area contributed by atoms with Gasteiger partial charge in [0.15, 0.2) is 0 Å². The molecule has 0 bridgehead atoms. The minimum atomic E-state index is -2.04. The number of hydrogen-bond donors (Lipinski definition) is 0. The van der Waals surface area contributed by atoms with Crippen LogP contribution in [0.15, 0.2) is 23.8 Å². The minimum absolute atomic E-state index is 0.497. The molecule has 0 fully saturated rings. The van der Waals surface area contributed by atoms with Gasteiger partial charge in [-0.15, -0.1) is 0 Å². The summed E-state index contributed by atoms with van der Waals surface area (Å²) in [6.07, 6.45) is 6.32. The van der Waals surface area contributed by atoms with E-state index in [1.54, 1.807) is 6.08 Å². The summed E-state index contributed by atoms with van der Waals surface area (Å²) in [6, 6.07) is 0. The van der Waals surface area contributed by atoms with Crippen molar-refractivity contribution in [3.05, 3.63) is 23.8 Å². The van der Waals surface area contributed by atoms with Crippen molar-refractivity contribution in [1.29, 1.82) is 0 Å². The van der Waals surface area contributed by atoms with Crippen LogP contribution in [0.4, 0.5) is 0 Å². The average molecular weight is 321 g/mol. The fourth-order valence-corrected chi connectivity index (χ4v) is 3.92. The third-order valence-electron chi connectivity index (χ3n) is 2.47. The topological polar surface area (TPSA) is 34.1 Å². The zero-order valence-electron chi connectivity index (χ0n) is 8.69. The van der Waals surface area contributed by atoms with Gasteiger partial charge in [0.1, 0.15) is 0 Å². The molecule has 1 atom stereocenters. The van der Waals surface area contributed by atoms with Crippen molar-refractivity contribution >= 4 is 35.4 Å². The van der Waals surface area contributed by atoms with Gasteiger partial charge in [0, 0.05) is 0 Å². The monoisotopic (exact) mass is 320 g/mol. The van der Waals surface area contributed by atoms with Crippen LogP contribution in [0.5, 0.6) is 0 Å². The molecule has 1 aliphatic rings. The van der Waals surface area contributed by atoms with Crippen molar-refractivity contribution in [1.82, 2.24) is 0 Å². The Labute approximate surface area is 94.2 Å². The molecule has 0 aliphatic heterocycles. The van der Waals surface area contributed by atoms with Crippen LogP contribution in [0.25, 0.3) is 0 Å². The summed E-state index contributed by atoms with van der Waals surface area (Å²) in [7, 11) is -2.04. The van der Waals surface area contributed by atoms with Gasteiger partial charge in [-0.2, -0.15) is 0 Å². The Hall–Kier alpha value is -0.0118. The van der Waals surface area contributed by atoms with Gasteiger partial charge in [0.05, 0.1) is 0 Å². The first-order chi connectivity index (χ1) is 6.52. The Morgan fingerprint density at radius 1 is 1.36 bits per heavy atom. The van der Waals surface area contributed by atoms with Crippen molar-refractivity contribution < 1.29 is 8.42 Å². The first-order valence-electron chi connectivity index (χ1n) is 4.52. The Morgan fingerprint density at radius 3 is 2.36 bits per heavy atom. The fraction of sp³-hybridized carbons (Fsp3) is 0.500. The van der Waals surface area contributed by atoms with Crippen molar-refractivity contribution in [3.8, 4) is 0 Å². The summed E-state index contributed by atoms with van der Waals surface area (Å²) >= 11 is -1.07. The molecule has 0 aromatic heterocycles. The van der Waals surface area contributed by atoms with Crippen LogP contribution < -0.4 is 0 Å². The quantitative estimate of drug-likeness (QED) is 0.576. The third kappa shape index (κ3) is 2.99. The molecule has 0 saturated heterocycles. The van der Waals surface area contributed by atoms with Gasteiger partial charge in [-0.25, -0.2) is 0 Å². The molecule has 0 spiro atoms. The summed E-state index contributed by atoms with van der Waals surface area (Å²) in [5.74, 6) is 0. The van der Waals surface area contributed by atoms with Crippen LogP contribution in [0.3, 0.4) is 0 Å². The van der Waals surface area contributed by atoms with Crippen LogP contribution in [0.2, 0.25) is 13.6 Å². The zero-order valence-corrected chi connectivity index (χ0v) is 12.1. The molecule has 0 radical (unpaired) electrons. The molecule has 14 heavy (non-hydrogen) atoms. The third-order valence-corrected chi connectivity index (χ3v) is 8.48. The second-order valence-electron chi connectivity index (χ2n) is 3.58. The van der Waals surface area contributed by atoms with Gasteiger partial charge >= 0.3 is 94.5 Å². The van der Waals surface area contributed by atoms with Crippen LogP contribution in [-0.4, -0.2) is 33.5 Å². The van der Waals surface area contributed by atoms with Crippen molar-refractivity contribution in [2.75, 3.05) is 0 Å².